The van der Waals surface area contributed by atoms with Gasteiger partial charge < -0.3 is 9.47 Å². The zero-order chi connectivity index (χ0) is 16.5. The summed E-state index contributed by atoms with van der Waals surface area (Å²) in [5, 5.41) is 0. The normalized spacial score (nSPS) is 11.5. The number of esters is 2. The molecule has 2 aromatic rings. The molecule has 2 aromatic carbocycles. The maximum absolute atomic E-state index is 11.9. The minimum atomic E-state index is -0.379. The second-order valence-electron chi connectivity index (χ2n) is 5.27. The molecule has 0 aliphatic carbocycles. The summed E-state index contributed by atoms with van der Waals surface area (Å²) < 4.78 is 10.5. The lowest BCUT2D eigenvalue weighted by Crippen LogP contribution is -2.17. The van der Waals surface area contributed by atoms with Crippen LogP contribution in [0.3, 0.4) is 0 Å². The van der Waals surface area contributed by atoms with Gasteiger partial charge in [-0.3, -0.25) is 4.79 Å². The standard InChI is InChI=1S/C19H20O4/c1-15(23-19(21)17-10-6-3-7-11-17)12-13-18(20)22-14-16-8-4-2-5-9-16/h2-11,15H,12-14H2,1H3. The third-order valence-corrected chi connectivity index (χ3v) is 3.32. The Labute approximate surface area is 136 Å². The molecule has 0 radical (unpaired) electrons. The van der Waals surface area contributed by atoms with Gasteiger partial charge in [0.15, 0.2) is 0 Å². The first-order valence-electron chi connectivity index (χ1n) is 7.60. The van der Waals surface area contributed by atoms with Crippen LogP contribution in [0, 0.1) is 0 Å². The molecule has 0 heterocycles. The van der Waals surface area contributed by atoms with E-state index in [1.165, 1.54) is 0 Å². The Balaban J connectivity index is 1.68. The smallest absolute Gasteiger partial charge is 0.338 e. The van der Waals surface area contributed by atoms with E-state index in [2.05, 4.69) is 0 Å². The minimum absolute atomic E-state index is 0.218. The summed E-state index contributed by atoms with van der Waals surface area (Å²) >= 11 is 0. The molecule has 0 aliphatic rings. The number of hydrogen-bond acceptors (Lipinski definition) is 4. The molecule has 0 fully saturated rings. The first kappa shape index (κ1) is 16.7. The highest BCUT2D eigenvalue weighted by molar-refractivity contribution is 5.89. The van der Waals surface area contributed by atoms with E-state index in [-0.39, 0.29) is 31.1 Å². The molecule has 2 rings (SSSR count). The Bertz CT molecular complexity index is 622. The lowest BCUT2D eigenvalue weighted by molar-refractivity contribution is -0.145. The van der Waals surface area contributed by atoms with Gasteiger partial charge in [-0.05, 0) is 31.0 Å². The highest BCUT2D eigenvalue weighted by atomic mass is 16.5. The van der Waals surface area contributed by atoms with E-state index < -0.39 is 0 Å². The number of rotatable bonds is 7. The van der Waals surface area contributed by atoms with Gasteiger partial charge in [0.1, 0.15) is 6.61 Å². The summed E-state index contributed by atoms with van der Waals surface area (Å²) in [6, 6.07) is 18.3. The van der Waals surface area contributed by atoms with E-state index in [1.54, 1.807) is 31.2 Å². The Morgan fingerprint density at radius 2 is 1.57 bits per heavy atom. The molecule has 4 nitrogen and oxygen atoms in total. The maximum atomic E-state index is 11.9. The first-order chi connectivity index (χ1) is 11.1. The molecule has 0 saturated heterocycles. The van der Waals surface area contributed by atoms with Crippen LogP contribution < -0.4 is 0 Å². The number of benzene rings is 2. The van der Waals surface area contributed by atoms with Crippen molar-refractivity contribution in [3.05, 3.63) is 71.8 Å². The Kier molecular flexibility index (Phi) is 6.36. The van der Waals surface area contributed by atoms with Crippen LogP contribution in [0.25, 0.3) is 0 Å². The monoisotopic (exact) mass is 312 g/mol. The summed E-state index contributed by atoms with van der Waals surface area (Å²) in [5.41, 5.74) is 1.45. The van der Waals surface area contributed by atoms with Crippen molar-refractivity contribution in [1.29, 1.82) is 0 Å². The highest BCUT2D eigenvalue weighted by Crippen LogP contribution is 2.09. The Hall–Kier alpha value is -2.62. The van der Waals surface area contributed by atoms with Gasteiger partial charge in [0.25, 0.3) is 0 Å². The van der Waals surface area contributed by atoms with Crippen molar-refractivity contribution in [1.82, 2.24) is 0 Å². The Morgan fingerprint density at radius 3 is 2.22 bits per heavy atom. The SMILES string of the molecule is CC(CCC(=O)OCc1ccccc1)OC(=O)c1ccccc1. The molecule has 0 aromatic heterocycles. The number of ether oxygens (including phenoxy) is 2. The van der Waals surface area contributed by atoms with Crippen molar-refractivity contribution >= 4 is 11.9 Å². The molecule has 0 saturated carbocycles. The fraction of sp³-hybridized carbons (Fsp3) is 0.263. The van der Waals surface area contributed by atoms with Crippen LogP contribution in [0.2, 0.25) is 0 Å². The average Bonchev–Trinajstić information content (AvgIpc) is 2.60. The van der Waals surface area contributed by atoms with Crippen LogP contribution in [-0.4, -0.2) is 18.0 Å². The van der Waals surface area contributed by atoms with Crippen molar-refractivity contribution in [2.75, 3.05) is 0 Å². The fourth-order valence-electron chi connectivity index (χ4n) is 2.02. The lowest BCUT2D eigenvalue weighted by Gasteiger charge is -2.13. The molecule has 0 N–H and O–H groups in total. The topological polar surface area (TPSA) is 52.6 Å². The first-order valence-corrected chi connectivity index (χ1v) is 7.60. The van der Waals surface area contributed by atoms with Gasteiger partial charge in [-0.1, -0.05) is 48.5 Å². The maximum Gasteiger partial charge on any atom is 0.338 e. The number of carbonyl (C=O) groups excluding carboxylic acids is 2. The van der Waals surface area contributed by atoms with Crippen LogP contribution in [-0.2, 0) is 20.9 Å². The molecule has 1 atom stereocenters. The summed E-state index contributed by atoms with van der Waals surface area (Å²) in [7, 11) is 0. The summed E-state index contributed by atoms with van der Waals surface area (Å²) in [6.07, 6.45) is 0.314. The molecule has 0 spiro atoms. The second kappa shape index (κ2) is 8.73. The lowest BCUT2D eigenvalue weighted by atomic mass is 10.2. The summed E-state index contributed by atoms with van der Waals surface area (Å²) in [4.78, 5) is 23.6. The van der Waals surface area contributed by atoms with Gasteiger partial charge in [0.05, 0.1) is 11.7 Å². The third kappa shape index (κ3) is 5.94. The molecule has 120 valence electrons. The average molecular weight is 312 g/mol. The van der Waals surface area contributed by atoms with E-state index >= 15 is 0 Å². The molecule has 0 amide bonds. The van der Waals surface area contributed by atoms with Crippen LogP contribution in [0.4, 0.5) is 0 Å². The molecular formula is C19H20O4. The highest BCUT2D eigenvalue weighted by Gasteiger charge is 2.13. The van der Waals surface area contributed by atoms with Crippen LogP contribution in [0.15, 0.2) is 60.7 Å². The molecule has 0 bridgehead atoms. The van der Waals surface area contributed by atoms with Gasteiger partial charge in [-0.15, -0.1) is 0 Å². The number of carbonyl (C=O) groups is 2. The van der Waals surface area contributed by atoms with Crippen molar-refractivity contribution in [3.8, 4) is 0 Å². The van der Waals surface area contributed by atoms with Crippen LogP contribution >= 0.6 is 0 Å². The summed E-state index contributed by atoms with van der Waals surface area (Å²) in [6.45, 7) is 2.03. The van der Waals surface area contributed by atoms with Crippen LogP contribution in [0.1, 0.15) is 35.7 Å². The van der Waals surface area contributed by atoms with Gasteiger partial charge in [-0.2, -0.15) is 0 Å². The van der Waals surface area contributed by atoms with Crippen molar-refractivity contribution in [2.45, 2.75) is 32.5 Å². The predicted molar refractivity (Wildman–Crippen MR) is 86.8 cm³/mol. The van der Waals surface area contributed by atoms with Gasteiger partial charge in [-0.25, -0.2) is 4.79 Å². The molecule has 1 unspecified atom stereocenters. The number of hydrogen-bond donors (Lipinski definition) is 0. The van der Waals surface area contributed by atoms with Gasteiger partial charge in [0.2, 0.25) is 0 Å². The Morgan fingerprint density at radius 1 is 0.957 bits per heavy atom. The third-order valence-electron chi connectivity index (χ3n) is 3.32. The fourth-order valence-corrected chi connectivity index (χ4v) is 2.02. The minimum Gasteiger partial charge on any atom is -0.461 e. The van der Waals surface area contributed by atoms with Crippen molar-refractivity contribution in [2.24, 2.45) is 0 Å². The van der Waals surface area contributed by atoms with Gasteiger partial charge in [0, 0.05) is 6.42 Å². The van der Waals surface area contributed by atoms with Gasteiger partial charge >= 0.3 is 11.9 Å². The second-order valence-corrected chi connectivity index (χ2v) is 5.27. The summed E-state index contributed by atoms with van der Waals surface area (Å²) in [5.74, 6) is -0.674. The van der Waals surface area contributed by atoms with E-state index in [1.807, 2.05) is 36.4 Å². The molecular weight excluding hydrogens is 292 g/mol. The predicted octanol–water partition coefficient (Wildman–Crippen LogP) is 3.76. The van der Waals surface area contributed by atoms with Crippen LogP contribution in [0.5, 0.6) is 0 Å². The largest absolute Gasteiger partial charge is 0.461 e. The van der Waals surface area contributed by atoms with Crippen molar-refractivity contribution < 1.29 is 19.1 Å². The van der Waals surface area contributed by atoms with E-state index in [9.17, 15) is 9.59 Å². The van der Waals surface area contributed by atoms with E-state index in [4.69, 9.17) is 9.47 Å². The molecule has 23 heavy (non-hydrogen) atoms. The zero-order valence-corrected chi connectivity index (χ0v) is 13.1. The van der Waals surface area contributed by atoms with E-state index in [0.717, 1.165) is 5.56 Å². The van der Waals surface area contributed by atoms with Crippen molar-refractivity contribution in [3.63, 3.8) is 0 Å². The zero-order valence-electron chi connectivity index (χ0n) is 13.1. The molecule has 4 heteroatoms. The van der Waals surface area contributed by atoms with E-state index in [0.29, 0.717) is 12.0 Å². The molecule has 0 aliphatic heterocycles. The quantitative estimate of drug-likeness (QED) is 0.731.